The van der Waals surface area contributed by atoms with E-state index in [9.17, 15) is 17.6 Å². The lowest BCUT2D eigenvalue weighted by Gasteiger charge is -2.14. The van der Waals surface area contributed by atoms with Crippen LogP contribution in [0.4, 0.5) is 17.6 Å². The maximum atomic E-state index is 13.4. The van der Waals surface area contributed by atoms with Gasteiger partial charge in [-0.05, 0) is 25.5 Å². The fourth-order valence-corrected chi connectivity index (χ4v) is 2.87. The van der Waals surface area contributed by atoms with E-state index in [1.807, 2.05) is 0 Å². The lowest BCUT2D eigenvalue weighted by molar-refractivity contribution is 0.212. The molecule has 0 aliphatic carbocycles. The third kappa shape index (κ3) is 3.53. The van der Waals surface area contributed by atoms with Crippen molar-refractivity contribution in [2.75, 3.05) is 13.2 Å². The van der Waals surface area contributed by atoms with Crippen LogP contribution in [-0.4, -0.2) is 22.5 Å². The van der Waals surface area contributed by atoms with Crippen molar-refractivity contribution in [3.63, 3.8) is 0 Å². The van der Waals surface area contributed by atoms with Crippen LogP contribution in [0.1, 0.15) is 19.4 Å². The highest BCUT2D eigenvalue weighted by Crippen LogP contribution is 2.20. The molecule has 101 valence electrons. The van der Waals surface area contributed by atoms with Crippen LogP contribution in [0.3, 0.4) is 0 Å². The SMILES string of the molecule is CCO[Si](Cc1cc(F)c(F)c(F)c1F)OCC. The van der Waals surface area contributed by atoms with Gasteiger partial charge in [-0.2, -0.15) is 0 Å². The van der Waals surface area contributed by atoms with Gasteiger partial charge in [0.2, 0.25) is 0 Å². The molecule has 0 amide bonds. The zero-order chi connectivity index (χ0) is 13.7. The van der Waals surface area contributed by atoms with E-state index in [4.69, 9.17) is 8.85 Å². The second-order valence-electron chi connectivity index (χ2n) is 3.37. The van der Waals surface area contributed by atoms with E-state index in [1.165, 1.54) is 0 Å². The first kappa shape index (κ1) is 15.1. The molecule has 1 radical (unpaired) electrons. The maximum Gasteiger partial charge on any atom is 0.389 e. The van der Waals surface area contributed by atoms with Gasteiger partial charge in [0, 0.05) is 19.3 Å². The fraction of sp³-hybridized carbons (Fsp3) is 0.455. The monoisotopic (exact) mass is 281 g/mol. The zero-order valence-corrected chi connectivity index (χ0v) is 11.0. The van der Waals surface area contributed by atoms with Gasteiger partial charge in [0.1, 0.15) is 0 Å². The predicted molar refractivity (Wildman–Crippen MR) is 59.0 cm³/mol. The largest absolute Gasteiger partial charge is 0.393 e. The second kappa shape index (κ2) is 6.86. The normalized spacial score (nSPS) is 11.3. The Labute approximate surface area is 104 Å². The summed E-state index contributed by atoms with van der Waals surface area (Å²) in [6.07, 6.45) is 0. The van der Waals surface area contributed by atoms with E-state index in [1.54, 1.807) is 13.8 Å². The van der Waals surface area contributed by atoms with Crippen molar-refractivity contribution in [2.24, 2.45) is 0 Å². The van der Waals surface area contributed by atoms with Crippen LogP contribution in [0, 0.1) is 23.3 Å². The van der Waals surface area contributed by atoms with Crippen LogP contribution in [-0.2, 0) is 14.9 Å². The molecule has 0 heterocycles. The first-order valence-corrected chi connectivity index (χ1v) is 6.96. The molecule has 0 N–H and O–H groups in total. The van der Waals surface area contributed by atoms with Crippen molar-refractivity contribution in [1.29, 1.82) is 0 Å². The summed E-state index contributed by atoms with van der Waals surface area (Å²) >= 11 is 0. The predicted octanol–water partition coefficient (Wildman–Crippen LogP) is 2.89. The Balaban J connectivity index is 2.95. The van der Waals surface area contributed by atoms with Gasteiger partial charge in [-0.15, -0.1) is 0 Å². The van der Waals surface area contributed by atoms with Crippen molar-refractivity contribution in [1.82, 2.24) is 0 Å². The summed E-state index contributed by atoms with van der Waals surface area (Å²) in [6.45, 7) is 4.15. The number of hydrogen-bond acceptors (Lipinski definition) is 2. The number of hydrogen-bond donors (Lipinski definition) is 0. The molecule has 1 aromatic rings. The van der Waals surface area contributed by atoms with E-state index in [0.29, 0.717) is 19.3 Å². The van der Waals surface area contributed by atoms with Gasteiger partial charge >= 0.3 is 9.28 Å². The van der Waals surface area contributed by atoms with Crippen LogP contribution in [0.15, 0.2) is 6.07 Å². The van der Waals surface area contributed by atoms with Gasteiger partial charge in [0.15, 0.2) is 23.3 Å². The Bertz CT molecular complexity index is 409. The second-order valence-corrected chi connectivity index (χ2v) is 5.05. The van der Waals surface area contributed by atoms with Gasteiger partial charge in [-0.25, -0.2) is 17.6 Å². The molecule has 0 saturated carbocycles. The molecule has 0 saturated heterocycles. The van der Waals surface area contributed by atoms with E-state index in [-0.39, 0.29) is 11.6 Å². The summed E-state index contributed by atoms with van der Waals surface area (Å²) in [5.74, 6) is -6.42. The van der Waals surface area contributed by atoms with Gasteiger partial charge in [-0.1, -0.05) is 0 Å². The third-order valence-electron chi connectivity index (χ3n) is 2.12. The molecule has 0 spiro atoms. The van der Waals surface area contributed by atoms with Crippen LogP contribution >= 0.6 is 0 Å². The minimum Gasteiger partial charge on any atom is -0.393 e. The van der Waals surface area contributed by atoms with Crippen molar-refractivity contribution in [2.45, 2.75) is 19.9 Å². The van der Waals surface area contributed by atoms with Gasteiger partial charge in [0.25, 0.3) is 0 Å². The standard InChI is InChI=1S/C11H13F4O2Si/c1-3-16-18(17-4-2)6-7-5-8(12)10(14)11(15)9(7)13/h5H,3-4,6H2,1-2H3. The topological polar surface area (TPSA) is 18.5 Å². The third-order valence-corrected chi connectivity index (χ3v) is 4.01. The zero-order valence-electron chi connectivity index (χ0n) is 10.0. The van der Waals surface area contributed by atoms with Crippen molar-refractivity contribution < 1.29 is 26.4 Å². The quantitative estimate of drug-likeness (QED) is 0.345. The fourth-order valence-electron chi connectivity index (χ4n) is 1.37. The molecule has 0 unspecified atom stereocenters. The molecule has 0 atom stereocenters. The van der Waals surface area contributed by atoms with Crippen LogP contribution in [0.2, 0.25) is 0 Å². The highest BCUT2D eigenvalue weighted by Gasteiger charge is 2.23. The van der Waals surface area contributed by atoms with E-state index >= 15 is 0 Å². The summed E-state index contributed by atoms with van der Waals surface area (Å²) in [5.41, 5.74) is -0.276. The maximum absolute atomic E-state index is 13.4. The molecule has 18 heavy (non-hydrogen) atoms. The minimum atomic E-state index is -1.86. The number of halogens is 4. The van der Waals surface area contributed by atoms with Gasteiger partial charge < -0.3 is 8.85 Å². The Kier molecular flexibility index (Phi) is 5.77. The van der Waals surface area contributed by atoms with Crippen LogP contribution in [0.25, 0.3) is 0 Å². The van der Waals surface area contributed by atoms with E-state index in [0.717, 1.165) is 0 Å². The highest BCUT2D eigenvalue weighted by atomic mass is 28.3. The molecular weight excluding hydrogens is 268 g/mol. The molecule has 1 aromatic carbocycles. The van der Waals surface area contributed by atoms with Crippen molar-refractivity contribution in [3.05, 3.63) is 34.9 Å². The van der Waals surface area contributed by atoms with Crippen LogP contribution in [0.5, 0.6) is 0 Å². The molecule has 0 bridgehead atoms. The summed E-state index contributed by atoms with van der Waals surface area (Å²) < 4.78 is 62.6. The molecule has 0 aliphatic rings. The summed E-state index contributed by atoms with van der Waals surface area (Å²) in [5, 5.41) is 0. The number of rotatable bonds is 6. The lowest BCUT2D eigenvalue weighted by Crippen LogP contribution is -2.27. The molecular formula is C11H13F4O2Si. The molecule has 0 fully saturated rings. The highest BCUT2D eigenvalue weighted by molar-refractivity contribution is 6.43. The first-order valence-electron chi connectivity index (χ1n) is 5.44. The Morgan fingerprint density at radius 3 is 2.00 bits per heavy atom. The Morgan fingerprint density at radius 1 is 0.944 bits per heavy atom. The Morgan fingerprint density at radius 2 is 1.50 bits per heavy atom. The first-order chi connectivity index (χ1) is 8.51. The van der Waals surface area contributed by atoms with Crippen molar-refractivity contribution in [3.8, 4) is 0 Å². The van der Waals surface area contributed by atoms with E-state index < -0.39 is 32.6 Å². The smallest absolute Gasteiger partial charge is 0.389 e. The number of benzene rings is 1. The molecule has 1 rings (SSSR count). The Hall–Kier alpha value is -0.923. The van der Waals surface area contributed by atoms with E-state index in [2.05, 4.69) is 0 Å². The van der Waals surface area contributed by atoms with Gasteiger partial charge in [0.05, 0.1) is 0 Å². The average molecular weight is 281 g/mol. The summed E-state index contributed by atoms with van der Waals surface area (Å²) in [6, 6.07) is 0.544. The molecule has 0 aromatic heterocycles. The summed E-state index contributed by atoms with van der Waals surface area (Å²) in [4.78, 5) is 0. The molecule has 2 nitrogen and oxygen atoms in total. The van der Waals surface area contributed by atoms with Gasteiger partial charge in [-0.3, -0.25) is 0 Å². The average Bonchev–Trinajstić information content (AvgIpc) is 2.34. The molecule has 7 heteroatoms. The summed E-state index contributed by atoms with van der Waals surface area (Å²) in [7, 11) is -1.86. The lowest BCUT2D eigenvalue weighted by atomic mass is 10.2. The van der Waals surface area contributed by atoms with Crippen molar-refractivity contribution >= 4 is 9.28 Å². The molecule has 0 aliphatic heterocycles. The van der Waals surface area contributed by atoms with Crippen LogP contribution < -0.4 is 0 Å². The minimum absolute atomic E-state index is 0.0910.